The van der Waals surface area contributed by atoms with Crippen LogP contribution in [0, 0.1) is 0 Å². The third kappa shape index (κ3) is 3.04. The summed E-state index contributed by atoms with van der Waals surface area (Å²) in [6.07, 6.45) is 0.353. The van der Waals surface area contributed by atoms with Crippen molar-refractivity contribution in [2.45, 2.75) is 6.17 Å². The number of halogens is 1. The van der Waals surface area contributed by atoms with Gasteiger partial charge >= 0.3 is 0 Å². The highest BCUT2D eigenvalue weighted by Gasteiger charge is 2.10. The number of rotatable bonds is 3. The van der Waals surface area contributed by atoms with Gasteiger partial charge in [0.05, 0.1) is 12.0 Å². The smallest absolute Gasteiger partial charge is 0.0751 e. The summed E-state index contributed by atoms with van der Waals surface area (Å²) in [5.41, 5.74) is 0. The fourth-order valence-corrected chi connectivity index (χ4v) is 1.29. The van der Waals surface area contributed by atoms with E-state index in [4.69, 9.17) is 11.6 Å². The Bertz CT molecular complexity index is 65.5. The van der Waals surface area contributed by atoms with Gasteiger partial charge in [-0.25, -0.2) is 0 Å². The minimum absolute atomic E-state index is 0.353. The molecule has 9 heavy (non-hydrogen) atoms. The Morgan fingerprint density at radius 1 is 1.11 bits per heavy atom. The molecule has 0 rings (SSSR count). The summed E-state index contributed by atoms with van der Waals surface area (Å²) in [5.74, 6) is 0.653. The maximum absolute atomic E-state index is 5.67. The summed E-state index contributed by atoms with van der Waals surface area (Å²) >= 11 is 5.67. The van der Waals surface area contributed by atoms with E-state index < -0.39 is 0 Å². The van der Waals surface area contributed by atoms with Gasteiger partial charge in [0.15, 0.2) is 0 Å². The summed E-state index contributed by atoms with van der Waals surface area (Å²) in [7, 11) is 8.08. The van der Waals surface area contributed by atoms with Gasteiger partial charge in [0, 0.05) is 0 Å². The summed E-state index contributed by atoms with van der Waals surface area (Å²) in [6, 6.07) is 0. The molecular formula is C6H15ClN2. The van der Waals surface area contributed by atoms with Crippen molar-refractivity contribution in [2.75, 3.05) is 34.1 Å². The lowest BCUT2D eigenvalue weighted by Crippen LogP contribution is -2.41. The topological polar surface area (TPSA) is 6.48 Å². The Balaban J connectivity index is 3.68. The molecule has 0 aromatic carbocycles. The molecule has 3 heteroatoms. The molecular weight excluding hydrogens is 136 g/mol. The van der Waals surface area contributed by atoms with Crippen molar-refractivity contribution in [2.24, 2.45) is 0 Å². The lowest BCUT2D eigenvalue weighted by Gasteiger charge is -2.28. The quantitative estimate of drug-likeness (QED) is 0.431. The summed E-state index contributed by atoms with van der Waals surface area (Å²) in [6.45, 7) is 0. The van der Waals surface area contributed by atoms with Crippen LogP contribution in [0.15, 0.2) is 0 Å². The van der Waals surface area contributed by atoms with Crippen LogP contribution in [0.25, 0.3) is 0 Å². The molecule has 0 saturated heterocycles. The monoisotopic (exact) mass is 150 g/mol. The van der Waals surface area contributed by atoms with Crippen LogP contribution in [0.5, 0.6) is 0 Å². The minimum atomic E-state index is 0.353. The molecule has 0 aliphatic rings. The molecule has 2 nitrogen and oxygen atoms in total. The average molecular weight is 151 g/mol. The van der Waals surface area contributed by atoms with Gasteiger partial charge in [-0.3, -0.25) is 9.80 Å². The normalized spacial score (nSPS) is 12.0. The molecule has 0 aliphatic heterocycles. The summed E-state index contributed by atoms with van der Waals surface area (Å²) in [5, 5.41) is 0. The number of hydrogen-bond acceptors (Lipinski definition) is 2. The van der Waals surface area contributed by atoms with Gasteiger partial charge < -0.3 is 0 Å². The van der Waals surface area contributed by atoms with Crippen LogP contribution in [0.4, 0.5) is 0 Å². The molecule has 0 atom stereocenters. The van der Waals surface area contributed by atoms with Crippen molar-refractivity contribution in [3.8, 4) is 0 Å². The molecule has 0 aromatic rings. The first-order chi connectivity index (χ1) is 4.09. The van der Waals surface area contributed by atoms with Gasteiger partial charge in [-0.15, -0.1) is 11.6 Å². The highest BCUT2D eigenvalue weighted by Crippen LogP contribution is 1.98. The molecule has 0 spiro atoms. The average Bonchev–Trinajstić information content (AvgIpc) is 1.64. The first kappa shape index (κ1) is 9.21. The zero-order chi connectivity index (χ0) is 7.44. The highest BCUT2D eigenvalue weighted by atomic mass is 35.5. The van der Waals surface area contributed by atoms with Crippen molar-refractivity contribution in [1.29, 1.82) is 0 Å². The Kier molecular flexibility index (Phi) is 4.19. The zero-order valence-corrected chi connectivity index (χ0v) is 7.31. The van der Waals surface area contributed by atoms with Gasteiger partial charge in [-0.05, 0) is 28.2 Å². The van der Waals surface area contributed by atoms with Crippen molar-refractivity contribution in [3.63, 3.8) is 0 Å². The SMILES string of the molecule is CN(C)C(CCl)N(C)C. The predicted octanol–water partition coefficient (Wildman–Crippen LogP) is 0.674. The zero-order valence-electron chi connectivity index (χ0n) is 6.56. The second-order valence-electron chi connectivity index (χ2n) is 2.56. The van der Waals surface area contributed by atoms with Crippen LogP contribution >= 0.6 is 11.6 Å². The first-order valence-corrected chi connectivity index (χ1v) is 3.52. The number of hydrogen-bond donors (Lipinski definition) is 0. The van der Waals surface area contributed by atoms with E-state index in [2.05, 4.69) is 9.80 Å². The Morgan fingerprint density at radius 2 is 1.44 bits per heavy atom. The van der Waals surface area contributed by atoms with E-state index in [-0.39, 0.29) is 0 Å². The van der Waals surface area contributed by atoms with Gasteiger partial charge in [0.25, 0.3) is 0 Å². The molecule has 0 N–H and O–H groups in total. The Labute approximate surface area is 62.4 Å². The Morgan fingerprint density at radius 3 is 1.44 bits per heavy atom. The van der Waals surface area contributed by atoms with Crippen molar-refractivity contribution in [3.05, 3.63) is 0 Å². The van der Waals surface area contributed by atoms with E-state index in [0.29, 0.717) is 12.0 Å². The molecule has 0 aromatic heterocycles. The van der Waals surface area contributed by atoms with Gasteiger partial charge in [0.1, 0.15) is 0 Å². The third-order valence-corrected chi connectivity index (χ3v) is 1.61. The Hall–Kier alpha value is 0.210. The van der Waals surface area contributed by atoms with E-state index in [1.54, 1.807) is 0 Å². The summed E-state index contributed by atoms with van der Waals surface area (Å²) < 4.78 is 0. The maximum atomic E-state index is 5.67. The third-order valence-electron chi connectivity index (χ3n) is 1.33. The molecule has 0 fully saturated rings. The predicted molar refractivity (Wildman–Crippen MR) is 41.9 cm³/mol. The van der Waals surface area contributed by atoms with Gasteiger partial charge in [-0.2, -0.15) is 0 Å². The van der Waals surface area contributed by atoms with Crippen LogP contribution in [-0.4, -0.2) is 50.0 Å². The van der Waals surface area contributed by atoms with E-state index in [1.165, 1.54) is 0 Å². The van der Waals surface area contributed by atoms with Gasteiger partial charge in [0.2, 0.25) is 0 Å². The van der Waals surface area contributed by atoms with E-state index in [9.17, 15) is 0 Å². The standard InChI is InChI=1S/C6H15ClN2/c1-8(2)6(5-7)9(3)4/h6H,5H2,1-4H3. The van der Waals surface area contributed by atoms with Crippen LogP contribution < -0.4 is 0 Å². The van der Waals surface area contributed by atoms with Crippen LogP contribution in [0.1, 0.15) is 0 Å². The van der Waals surface area contributed by atoms with E-state index in [0.717, 1.165) is 0 Å². The van der Waals surface area contributed by atoms with Crippen molar-refractivity contribution < 1.29 is 0 Å². The van der Waals surface area contributed by atoms with Crippen molar-refractivity contribution >= 4 is 11.6 Å². The molecule has 0 amide bonds. The van der Waals surface area contributed by atoms with Crippen LogP contribution in [-0.2, 0) is 0 Å². The molecule has 0 radical (unpaired) electrons. The fourth-order valence-electron chi connectivity index (χ4n) is 0.738. The van der Waals surface area contributed by atoms with Gasteiger partial charge in [-0.1, -0.05) is 0 Å². The number of nitrogens with zero attached hydrogens (tertiary/aromatic N) is 2. The summed E-state index contributed by atoms with van der Waals surface area (Å²) in [4.78, 5) is 4.18. The molecule has 0 heterocycles. The molecule has 0 saturated carbocycles. The fraction of sp³-hybridized carbons (Fsp3) is 1.00. The molecule has 0 unspecified atom stereocenters. The number of alkyl halides is 1. The largest absolute Gasteiger partial charge is 0.293 e. The minimum Gasteiger partial charge on any atom is -0.293 e. The van der Waals surface area contributed by atoms with Crippen LogP contribution in [0.3, 0.4) is 0 Å². The first-order valence-electron chi connectivity index (χ1n) is 2.98. The second-order valence-corrected chi connectivity index (χ2v) is 2.87. The van der Waals surface area contributed by atoms with Crippen LogP contribution in [0.2, 0.25) is 0 Å². The molecule has 0 bridgehead atoms. The lowest BCUT2D eigenvalue weighted by molar-refractivity contribution is 0.150. The van der Waals surface area contributed by atoms with E-state index >= 15 is 0 Å². The molecule has 56 valence electrons. The highest BCUT2D eigenvalue weighted by molar-refractivity contribution is 6.18. The maximum Gasteiger partial charge on any atom is 0.0751 e. The van der Waals surface area contributed by atoms with E-state index in [1.807, 2.05) is 28.2 Å². The molecule has 0 aliphatic carbocycles. The lowest BCUT2D eigenvalue weighted by atomic mass is 10.5. The second kappa shape index (κ2) is 4.09. The van der Waals surface area contributed by atoms with Crippen molar-refractivity contribution in [1.82, 2.24) is 9.80 Å².